The van der Waals surface area contributed by atoms with Crippen LogP contribution in [0.4, 0.5) is 16.2 Å². The Labute approximate surface area is 148 Å². The number of hydrogen-bond acceptors (Lipinski definition) is 4. The average Bonchev–Trinajstić information content (AvgIpc) is 2.42. The zero-order valence-electron chi connectivity index (χ0n) is 15.4. The van der Waals surface area contributed by atoms with E-state index >= 15 is 0 Å². The molecule has 0 fully saturated rings. The molecule has 25 heavy (non-hydrogen) atoms. The number of rotatable bonds is 6. The monoisotopic (exact) mass is 349 g/mol. The molecule has 138 valence electrons. The maximum absolute atomic E-state index is 11.9. The Hall–Kier alpha value is -2.57. The molecule has 0 atom stereocenters. The molecule has 0 spiro atoms. The Morgan fingerprint density at radius 3 is 2.12 bits per heavy atom. The number of nitrogens with one attached hydrogen (secondary N) is 3. The lowest BCUT2D eigenvalue weighted by molar-refractivity contribution is -0.117. The molecule has 0 saturated carbocycles. The Morgan fingerprint density at radius 1 is 1.04 bits per heavy atom. The molecule has 3 N–H and O–H groups in total. The highest BCUT2D eigenvalue weighted by molar-refractivity contribution is 5.95. The van der Waals surface area contributed by atoms with Crippen molar-refractivity contribution in [1.29, 1.82) is 0 Å². The summed E-state index contributed by atoms with van der Waals surface area (Å²) in [5.41, 5.74) is 0.505. The van der Waals surface area contributed by atoms with E-state index in [0.717, 1.165) is 0 Å². The Morgan fingerprint density at radius 2 is 1.60 bits per heavy atom. The van der Waals surface area contributed by atoms with Crippen molar-refractivity contribution in [3.8, 4) is 0 Å². The first-order valence-electron chi connectivity index (χ1n) is 8.22. The minimum atomic E-state index is -0.655. The molecule has 0 aliphatic carbocycles. The van der Waals surface area contributed by atoms with Crippen LogP contribution in [0.3, 0.4) is 0 Å². The summed E-state index contributed by atoms with van der Waals surface area (Å²) in [7, 11) is 0. The second kappa shape index (κ2) is 9.05. The summed E-state index contributed by atoms with van der Waals surface area (Å²) in [5.74, 6) is -0.205. The molecular weight excluding hydrogens is 322 g/mol. The topological polar surface area (TPSA) is 96.5 Å². The minimum absolute atomic E-state index is 0.0786. The molecule has 7 nitrogen and oxygen atoms in total. The van der Waals surface area contributed by atoms with Crippen LogP contribution in [-0.4, -0.2) is 30.1 Å². The first kappa shape index (κ1) is 20.5. The quantitative estimate of drug-likeness (QED) is 0.735. The van der Waals surface area contributed by atoms with E-state index in [9.17, 15) is 14.4 Å². The van der Waals surface area contributed by atoms with E-state index in [1.807, 2.05) is 13.8 Å². The van der Waals surface area contributed by atoms with Crippen molar-refractivity contribution < 1.29 is 19.1 Å². The van der Waals surface area contributed by atoms with Crippen LogP contribution in [0.25, 0.3) is 0 Å². The largest absolute Gasteiger partial charge is 0.444 e. The number of carbonyl (C=O) groups is 3. The Bertz CT molecular complexity index is 621. The number of ether oxygens (including phenoxy) is 1. The molecule has 1 rings (SSSR count). The molecule has 0 aromatic heterocycles. The first-order valence-corrected chi connectivity index (χ1v) is 8.22. The number of anilines is 2. The standard InChI is InChI=1S/C18H27N3O4/c1-12(2)9-15(22)20-13-7-6-8-14(10-13)21-16(23)11-19-17(24)25-18(3,4)5/h6-8,10,12H,9,11H2,1-5H3,(H,19,24)(H,20,22)(H,21,23). The second-order valence-corrected chi connectivity index (χ2v) is 7.13. The maximum Gasteiger partial charge on any atom is 0.408 e. The van der Waals surface area contributed by atoms with Gasteiger partial charge in [-0.2, -0.15) is 0 Å². The van der Waals surface area contributed by atoms with E-state index in [0.29, 0.717) is 17.8 Å². The number of alkyl carbamates (subject to hydrolysis) is 1. The van der Waals surface area contributed by atoms with E-state index in [2.05, 4.69) is 16.0 Å². The molecule has 0 unspecified atom stereocenters. The number of carbonyl (C=O) groups excluding carboxylic acids is 3. The van der Waals surface area contributed by atoms with Crippen molar-refractivity contribution in [3.63, 3.8) is 0 Å². The zero-order chi connectivity index (χ0) is 19.0. The molecule has 7 heteroatoms. The summed E-state index contributed by atoms with van der Waals surface area (Å²) in [6.45, 7) is 8.95. The Kier molecular flexibility index (Phi) is 7.42. The maximum atomic E-state index is 11.9. The molecule has 1 aromatic rings. The van der Waals surface area contributed by atoms with Crippen molar-refractivity contribution in [2.24, 2.45) is 5.92 Å². The summed E-state index contributed by atoms with van der Waals surface area (Å²) in [5, 5.41) is 7.82. The molecule has 0 radical (unpaired) electrons. The lowest BCUT2D eigenvalue weighted by atomic mass is 10.1. The fourth-order valence-corrected chi connectivity index (χ4v) is 1.93. The fourth-order valence-electron chi connectivity index (χ4n) is 1.93. The second-order valence-electron chi connectivity index (χ2n) is 7.13. The van der Waals surface area contributed by atoms with Gasteiger partial charge in [0.15, 0.2) is 0 Å². The van der Waals surface area contributed by atoms with Gasteiger partial charge in [-0.05, 0) is 44.9 Å². The van der Waals surface area contributed by atoms with Crippen LogP contribution >= 0.6 is 0 Å². The lowest BCUT2D eigenvalue weighted by Crippen LogP contribution is -2.37. The van der Waals surface area contributed by atoms with Crippen LogP contribution in [0.5, 0.6) is 0 Å². The minimum Gasteiger partial charge on any atom is -0.444 e. The van der Waals surface area contributed by atoms with E-state index in [1.54, 1.807) is 45.0 Å². The molecule has 0 aliphatic rings. The third kappa shape index (κ3) is 9.34. The van der Waals surface area contributed by atoms with Crippen molar-refractivity contribution in [2.75, 3.05) is 17.2 Å². The SMILES string of the molecule is CC(C)CC(=O)Nc1cccc(NC(=O)CNC(=O)OC(C)(C)C)c1. The molecule has 0 saturated heterocycles. The van der Waals surface area contributed by atoms with Gasteiger partial charge in [-0.1, -0.05) is 19.9 Å². The summed E-state index contributed by atoms with van der Waals surface area (Å²) < 4.78 is 5.06. The highest BCUT2D eigenvalue weighted by Gasteiger charge is 2.16. The third-order valence-electron chi connectivity index (χ3n) is 2.82. The van der Waals surface area contributed by atoms with E-state index in [4.69, 9.17) is 4.74 Å². The van der Waals surface area contributed by atoms with Gasteiger partial charge in [-0.25, -0.2) is 4.79 Å². The van der Waals surface area contributed by atoms with E-state index < -0.39 is 17.6 Å². The van der Waals surface area contributed by atoms with E-state index in [-0.39, 0.29) is 18.4 Å². The summed E-state index contributed by atoms with van der Waals surface area (Å²) in [4.78, 5) is 35.2. The summed E-state index contributed by atoms with van der Waals surface area (Å²) >= 11 is 0. The predicted molar refractivity (Wildman–Crippen MR) is 97.4 cm³/mol. The van der Waals surface area contributed by atoms with Crippen molar-refractivity contribution in [2.45, 2.75) is 46.6 Å². The van der Waals surface area contributed by atoms with Gasteiger partial charge in [-0.3, -0.25) is 9.59 Å². The predicted octanol–water partition coefficient (Wildman–Crippen LogP) is 3.13. The van der Waals surface area contributed by atoms with Gasteiger partial charge in [0.25, 0.3) is 0 Å². The highest BCUT2D eigenvalue weighted by Crippen LogP contribution is 2.16. The molecular formula is C18H27N3O4. The average molecular weight is 349 g/mol. The number of benzene rings is 1. The zero-order valence-corrected chi connectivity index (χ0v) is 15.4. The van der Waals surface area contributed by atoms with Crippen molar-refractivity contribution in [3.05, 3.63) is 24.3 Å². The highest BCUT2D eigenvalue weighted by atomic mass is 16.6. The third-order valence-corrected chi connectivity index (χ3v) is 2.82. The van der Waals surface area contributed by atoms with Gasteiger partial charge in [0.05, 0.1) is 0 Å². The van der Waals surface area contributed by atoms with Gasteiger partial charge in [0, 0.05) is 17.8 Å². The summed E-state index contributed by atoms with van der Waals surface area (Å²) in [6, 6.07) is 6.82. The van der Waals surface area contributed by atoms with Crippen LogP contribution in [0.15, 0.2) is 24.3 Å². The van der Waals surface area contributed by atoms with E-state index in [1.165, 1.54) is 0 Å². The normalized spacial score (nSPS) is 11.0. The van der Waals surface area contributed by atoms with Gasteiger partial charge in [-0.15, -0.1) is 0 Å². The van der Waals surface area contributed by atoms with Crippen LogP contribution in [0.1, 0.15) is 41.0 Å². The van der Waals surface area contributed by atoms with Crippen molar-refractivity contribution in [1.82, 2.24) is 5.32 Å². The molecule has 0 heterocycles. The van der Waals surface area contributed by atoms with Crippen LogP contribution < -0.4 is 16.0 Å². The first-order chi connectivity index (χ1) is 11.5. The van der Waals surface area contributed by atoms with Crippen LogP contribution in [0.2, 0.25) is 0 Å². The van der Waals surface area contributed by atoms with Gasteiger partial charge in [0.2, 0.25) is 11.8 Å². The molecule has 0 aliphatic heterocycles. The number of hydrogen-bond donors (Lipinski definition) is 3. The van der Waals surface area contributed by atoms with Gasteiger partial charge < -0.3 is 20.7 Å². The van der Waals surface area contributed by atoms with Crippen LogP contribution in [0, 0.1) is 5.92 Å². The Balaban J connectivity index is 2.51. The number of amides is 3. The summed E-state index contributed by atoms with van der Waals surface area (Å²) in [6.07, 6.45) is -0.228. The molecule has 3 amide bonds. The lowest BCUT2D eigenvalue weighted by Gasteiger charge is -2.19. The van der Waals surface area contributed by atoms with Gasteiger partial charge >= 0.3 is 6.09 Å². The fraction of sp³-hybridized carbons (Fsp3) is 0.500. The van der Waals surface area contributed by atoms with Crippen LogP contribution in [-0.2, 0) is 14.3 Å². The van der Waals surface area contributed by atoms with Crippen molar-refractivity contribution >= 4 is 29.3 Å². The molecule has 0 bridgehead atoms. The molecule has 1 aromatic carbocycles. The smallest absolute Gasteiger partial charge is 0.408 e. The van der Waals surface area contributed by atoms with Gasteiger partial charge in [0.1, 0.15) is 12.1 Å².